The first-order valence-corrected chi connectivity index (χ1v) is 5.12. The van der Waals surface area contributed by atoms with E-state index in [0.717, 1.165) is 12.8 Å². The van der Waals surface area contributed by atoms with Gasteiger partial charge < -0.3 is 9.64 Å². The molecule has 0 aliphatic carbocycles. The van der Waals surface area contributed by atoms with Gasteiger partial charge in [0.2, 0.25) is 5.91 Å². The quantitative estimate of drug-likeness (QED) is 0.508. The van der Waals surface area contributed by atoms with E-state index in [4.69, 9.17) is 4.74 Å². The molecule has 0 unspecified atom stereocenters. The molecule has 0 radical (unpaired) electrons. The van der Waals surface area contributed by atoms with Gasteiger partial charge in [0, 0.05) is 38.4 Å². The van der Waals surface area contributed by atoms with Crippen LogP contribution in [-0.2, 0) is 14.3 Å². The molecular formula is C11H17NO3. The molecule has 4 heteroatoms. The number of nitrogens with zero attached hydrogens (tertiary/aromatic N) is 1. The van der Waals surface area contributed by atoms with Crippen LogP contribution in [-0.4, -0.2) is 36.0 Å². The van der Waals surface area contributed by atoms with E-state index in [-0.39, 0.29) is 18.0 Å². The SMILES string of the molecule is C=C(C)C(=O)OC1CCN(C(C)=O)CC1. The van der Waals surface area contributed by atoms with E-state index >= 15 is 0 Å². The Bertz CT molecular complexity index is 278. The van der Waals surface area contributed by atoms with Gasteiger partial charge in [0.15, 0.2) is 0 Å². The topological polar surface area (TPSA) is 46.6 Å². The van der Waals surface area contributed by atoms with Gasteiger partial charge in [-0.3, -0.25) is 4.79 Å². The highest BCUT2D eigenvalue weighted by Gasteiger charge is 2.23. The number of piperidine rings is 1. The van der Waals surface area contributed by atoms with Gasteiger partial charge in [0.1, 0.15) is 6.10 Å². The van der Waals surface area contributed by atoms with Gasteiger partial charge in [0.05, 0.1) is 0 Å². The summed E-state index contributed by atoms with van der Waals surface area (Å²) in [5.74, 6) is -0.254. The number of likely N-dealkylation sites (tertiary alicyclic amines) is 1. The van der Waals surface area contributed by atoms with Gasteiger partial charge in [-0.1, -0.05) is 6.58 Å². The van der Waals surface area contributed by atoms with Crippen LogP contribution in [0, 0.1) is 0 Å². The summed E-state index contributed by atoms with van der Waals surface area (Å²) in [4.78, 5) is 24.0. The van der Waals surface area contributed by atoms with Crippen molar-refractivity contribution in [1.29, 1.82) is 0 Å². The summed E-state index contributed by atoms with van der Waals surface area (Å²) in [5, 5.41) is 0. The molecule has 0 atom stereocenters. The Labute approximate surface area is 89.9 Å². The molecule has 0 aromatic carbocycles. The van der Waals surface area contributed by atoms with Crippen molar-refractivity contribution in [2.75, 3.05) is 13.1 Å². The van der Waals surface area contributed by atoms with Crippen molar-refractivity contribution in [3.05, 3.63) is 12.2 Å². The molecule has 0 N–H and O–H groups in total. The fourth-order valence-corrected chi connectivity index (χ4v) is 1.54. The number of hydrogen-bond acceptors (Lipinski definition) is 3. The molecule has 0 bridgehead atoms. The first kappa shape index (κ1) is 11.8. The number of hydrogen-bond donors (Lipinski definition) is 0. The van der Waals surface area contributed by atoms with Gasteiger partial charge >= 0.3 is 5.97 Å². The Morgan fingerprint density at radius 3 is 2.20 bits per heavy atom. The van der Waals surface area contributed by atoms with Crippen LogP contribution in [0.25, 0.3) is 0 Å². The zero-order chi connectivity index (χ0) is 11.4. The van der Waals surface area contributed by atoms with E-state index < -0.39 is 0 Å². The van der Waals surface area contributed by atoms with Crippen LogP contribution in [0.4, 0.5) is 0 Å². The highest BCUT2D eigenvalue weighted by atomic mass is 16.5. The molecule has 1 heterocycles. The van der Waals surface area contributed by atoms with E-state index in [1.54, 1.807) is 18.7 Å². The highest BCUT2D eigenvalue weighted by Crippen LogP contribution is 2.14. The van der Waals surface area contributed by atoms with Crippen molar-refractivity contribution in [2.45, 2.75) is 32.8 Å². The predicted molar refractivity (Wildman–Crippen MR) is 56.2 cm³/mol. The van der Waals surface area contributed by atoms with Crippen molar-refractivity contribution in [3.63, 3.8) is 0 Å². The van der Waals surface area contributed by atoms with Crippen LogP contribution in [0.3, 0.4) is 0 Å². The lowest BCUT2D eigenvalue weighted by Gasteiger charge is -2.30. The van der Waals surface area contributed by atoms with Crippen molar-refractivity contribution in [3.8, 4) is 0 Å². The Balaban J connectivity index is 2.35. The van der Waals surface area contributed by atoms with Crippen LogP contribution in [0.15, 0.2) is 12.2 Å². The summed E-state index contributed by atoms with van der Waals surface area (Å²) in [6, 6.07) is 0. The molecule has 15 heavy (non-hydrogen) atoms. The second-order valence-electron chi connectivity index (χ2n) is 3.89. The van der Waals surface area contributed by atoms with Crippen LogP contribution in [0.1, 0.15) is 26.7 Å². The number of carbonyl (C=O) groups excluding carboxylic acids is 2. The molecule has 0 spiro atoms. The van der Waals surface area contributed by atoms with E-state index in [0.29, 0.717) is 18.7 Å². The van der Waals surface area contributed by atoms with Gasteiger partial charge in [0.25, 0.3) is 0 Å². The molecule has 1 aliphatic rings. The van der Waals surface area contributed by atoms with Gasteiger partial charge in [-0.2, -0.15) is 0 Å². The largest absolute Gasteiger partial charge is 0.459 e. The van der Waals surface area contributed by atoms with E-state index in [9.17, 15) is 9.59 Å². The number of ether oxygens (including phenoxy) is 1. The fraction of sp³-hybridized carbons (Fsp3) is 0.636. The van der Waals surface area contributed by atoms with E-state index in [1.165, 1.54) is 0 Å². The molecule has 1 rings (SSSR count). The summed E-state index contributed by atoms with van der Waals surface area (Å²) in [6.07, 6.45) is 1.38. The Kier molecular flexibility index (Phi) is 3.88. The lowest BCUT2D eigenvalue weighted by Crippen LogP contribution is -2.40. The van der Waals surface area contributed by atoms with E-state index in [1.807, 2.05) is 0 Å². The molecule has 1 saturated heterocycles. The summed E-state index contributed by atoms with van der Waals surface area (Å²) in [6.45, 7) is 8.05. The average Bonchev–Trinajstić information content (AvgIpc) is 2.18. The van der Waals surface area contributed by atoms with Crippen LogP contribution in [0.5, 0.6) is 0 Å². The molecule has 84 valence electrons. The molecule has 1 amide bonds. The standard InChI is InChI=1S/C11H17NO3/c1-8(2)11(14)15-10-4-6-12(7-5-10)9(3)13/h10H,1,4-7H2,2-3H3. The lowest BCUT2D eigenvalue weighted by atomic mass is 10.1. The maximum Gasteiger partial charge on any atom is 0.333 e. The summed E-state index contributed by atoms with van der Waals surface area (Å²) >= 11 is 0. The third-order valence-corrected chi connectivity index (χ3v) is 2.51. The van der Waals surface area contributed by atoms with Crippen molar-refractivity contribution < 1.29 is 14.3 Å². The molecular weight excluding hydrogens is 194 g/mol. The van der Waals surface area contributed by atoms with Crippen molar-refractivity contribution in [1.82, 2.24) is 4.90 Å². The Morgan fingerprint density at radius 1 is 1.27 bits per heavy atom. The first-order valence-electron chi connectivity index (χ1n) is 5.12. The van der Waals surface area contributed by atoms with Crippen molar-refractivity contribution >= 4 is 11.9 Å². The molecule has 4 nitrogen and oxygen atoms in total. The fourth-order valence-electron chi connectivity index (χ4n) is 1.54. The Hall–Kier alpha value is -1.32. The monoisotopic (exact) mass is 211 g/mol. The third kappa shape index (κ3) is 3.38. The second-order valence-corrected chi connectivity index (χ2v) is 3.89. The average molecular weight is 211 g/mol. The second kappa shape index (κ2) is 4.96. The lowest BCUT2D eigenvalue weighted by molar-refractivity contribution is -0.147. The van der Waals surface area contributed by atoms with Gasteiger partial charge in [-0.25, -0.2) is 4.79 Å². The summed E-state index contributed by atoms with van der Waals surface area (Å²) in [5.41, 5.74) is 0.420. The molecule has 1 fully saturated rings. The van der Waals surface area contributed by atoms with E-state index in [2.05, 4.69) is 6.58 Å². The van der Waals surface area contributed by atoms with Gasteiger partial charge in [-0.05, 0) is 6.92 Å². The molecule has 0 aromatic rings. The number of esters is 1. The zero-order valence-corrected chi connectivity index (χ0v) is 9.28. The normalized spacial score (nSPS) is 17.3. The minimum atomic E-state index is -0.337. The summed E-state index contributed by atoms with van der Waals surface area (Å²) < 4.78 is 5.20. The Morgan fingerprint density at radius 2 is 1.80 bits per heavy atom. The number of amides is 1. The third-order valence-electron chi connectivity index (χ3n) is 2.51. The van der Waals surface area contributed by atoms with Gasteiger partial charge in [-0.15, -0.1) is 0 Å². The van der Waals surface area contributed by atoms with Crippen LogP contribution in [0.2, 0.25) is 0 Å². The molecule has 0 saturated carbocycles. The predicted octanol–water partition coefficient (Wildman–Crippen LogP) is 1.12. The smallest absolute Gasteiger partial charge is 0.333 e. The minimum absolute atomic E-state index is 0.0650. The molecule has 0 aromatic heterocycles. The molecule has 1 aliphatic heterocycles. The maximum absolute atomic E-state index is 11.2. The minimum Gasteiger partial charge on any atom is -0.459 e. The number of carbonyl (C=O) groups is 2. The van der Waals surface area contributed by atoms with Crippen LogP contribution < -0.4 is 0 Å². The first-order chi connectivity index (χ1) is 7.00. The maximum atomic E-state index is 11.2. The van der Waals surface area contributed by atoms with Crippen LogP contribution >= 0.6 is 0 Å². The zero-order valence-electron chi connectivity index (χ0n) is 9.28. The summed E-state index contributed by atoms with van der Waals surface area (Å²) in [7, 11) is 0. The highest BCUT2D eigenvalue weighted by molar-refractivity contribution is 5.87. The van der Waals surface area contributed by atoms with Crippen molar-refractivity contribution in [2.24, 2.45) is 0 Å². The number of rotatable bonds is 2.